The standard InChI is InChI=1S/C24H25Cl2FN2O3/c1-23(2,3)11-17-24(14-9-8-12(25)10-16(14)28-22(24)32)18(20(21(30)31)29(17)4)13-6-5-7-15(26)19(13)27/h5-10,17-18,20H,11H2,1-4H3,(H,28,32)(H,30,31)/t17-,18-,20+,24+/m0/s1. The number of carboxylic acids is 1. The van der Waals surface area contributed by atoms with Crippen molar-refractivity contribution in [3.05, 3.63) is 63.4 Å². The van der Waals surface area contributed by atoms with Gasteiger partial charge in [-0.1, -0.05) is 62.2 Å². The molecule has 4 atom stereocenters. The Hall–Kier alpha value is -2.15. The van der Waals surface area contributed by atoms with Crippen molar-refractivity contribution in [1.29, 1.82) is 0 Å². The zero-order valence-electron chi connectivity index (χ0n) is 18.2. The summed E-state index contributed by atoms with van der Waals surface area (Å²) in [6.45, 7) is 6.10. The number of carboxylic acid groups (broad SMARTS) is 1. The van der Waals surface area contributed by atoms with Crippen LogP contribution in [0.4, 0.5) is 10.1 Å². The number of likely N-dealkylation sites (N-methyl/N-ethyl adjacent to an activating group) is 1. The molecule has 1 saturated heterocycles. The van der Waals surface area contributed by atoms with Crippen LogP contribution in [-0.2, 0) is 15.0 Å². The van der Waals surface area contributed by atoms with Crippen LogP contribution in [0.15, 0.2) is 36.4 Å². The highest BCUT2D eigenvalue weighted by Gasteiger charge is 2.68. The molecule has 1 spiro atoms. The van der Waals surface area contributed by atoms with E-state index in [1.54, 1.807) is 36.2 Å². The van der Waals surface area contributed by atoms with Crippen molar-refractivity contribution >= 4 is 40.8 Å². The third kappa shape index (κ3) is 3.31. The summed E-state index contributed by atoms with van der Waals surface area (Å²) < 4.78 is 15.4. The first-order valence-corrected chi connectivity index (χ1v) is 11.2. The van der Waals surface area contributed by atoms with Gasteiger partial charge in [-0.2, -0.15) is 0 Å². The van der Waals surface area contributed by atoms with Gasteiger partial charge in [-0.15, -0.1) is 0 Å². The molecule has 32 heavy (non-hydrogen) atoms. The second-order valence-electron chi connectivity index (χ2n) is 9.86. The minimum Gasteiger partial charge on any atom is -0.480 e. The number of halogens is 3. The van der Waals surface area contributed by atoms with E-state index in [-0.39, 0.29) is 21.9 Å². The number of rotatable bonds is 3. The predicted octanol–water partition coefficient (Wildman–Crippen LogP) is 5.31. The highest BCUT2D eigenvalue weighted by atomic mass is 35.5. The van der Waals surface area contributed by atoms with Gasteiger partial charge in [0.1, 0.15) is 17.3 Å². The van der Waals surface area contributed by atoms with Crippen molar-refractivity contribution < 1.29 is 19.1 Å². The molecule has 0 saturated carbocycles. The van der Waals surface area contributed by atoms with E-state index < -0.39 is 35.2 Å². The summed E-state index contributed by atoms with van der Waals surface area (Å²) in [6, 6.07) is 7.96. The number of aliphatic carboxylic acids is 1. The average Bonchev–Trinajstić information content (AvgIpc) is 3.09. The minimum absolute atomic E-state index is 0.113. The first-order chi connectivity index (χ1) is 14.9. The van der Waals surface area contributed by atoms with Crippen molar-refractivity contribution in [3.63, 3.8) is 0 Å². The minimum atomic E-state index is -1.34. The Balaban J connectivity index is 2.09. The fourth-order valence-electron chi connectivity index (χ4n) is 5.55. The highest BCUT2D eigenvalue weighted by molar-refractivity contribution is 6.31. The van der Waals surface area contributed by atoms with Gasteiger partial charge in [0.15, 0.2) is 0 Å². The number of nitrogens with one attached hydrogen (secondary N) is 1. The molecule has 2 aromatic rings. The quantitative estimate of drug-likeness (QED) is 0.626. The van der Waals surface area contributed by atoms with Crippen molar-refractivity contribution in [2.75, 3.05) is 12.4 Å². The van der Waals surface area contributed by atoms with Crippen molar-refractivity contribution in [2.24, 2.45) is 5.41 Å². The Labute approximate surface area is 196 Å². The van der Waals surface area contributed by atoms with E-state index in [1.165, 1.54) is 12.1 Å². The van der Waals surface area contributed by atoms with Gasteiger partial charge in [0.25, 0.3) is 0 Å². The fraction of sp³-hybridized carbons (Fsp3) is 0.417. The molecule has 1 fully saturated rings. The van der Waals surface area contributed by atoms with Gasteiger partial charge in [0, 0.05) is 22.7 Å². The Bertz CT molecular complexity index is 1120. The number of carbonyl (C=O) groups is 2. The number of hydrogen-bond acceptors (Lipinski definition) is 3. The molecule has 5 nitrogen and oxygen atoms in total. The molecular formula is C24H25Cl2FN2O3. The Morgan fingerprint density at radius 3 is 2.56 bits per heavy atom. The molecule has 0 unspecified atom stereocenters. The summed E-state index contributed by atoms with van der Waals surface area (Å²) in [5.74, 6) is -3.19. The predicted molar refractivity (Wildman–Crippen MR) is 123 cm³/mol. The van der Waals surface area contributed by atoms with Crippen molar-refractivity contribution in [3.8, 4) is 0 Å². The molecule has 2 heterocycles. The lowest BCUT2D eigenvalue weighted by molar-refractivity contribution is -0.142. The zero-order valence-corrected chi connectivity index (χ0v) is 19.8. The molecule has 2 aliphatic rings. The lowest BCUT2D eigenvalue weighted by atomic mass is 9.62. The lowest BCUT2D eigenvalue weighted by Crippen LogP contribution is -2.50. The van der Waals surface area contributed by atoms with Gasteiger partial charge < -0.3 is 10.4 Å². The third-order valence-corrected chi connectivity index (χ3v) is 7.22. The number of hydrogen-bond donors (Lipinski definition) is 2. The van der Waals surface area contributed by atoms with Crippen LogP contribution in [0.5, 0.6) is 0 Å². The van der Waals surface area contributed by atoms with E-state index in [9.17, 15) is 14.7 Å². The molecule has 8 heteroatoms. The second-order valence-corrected chi connectivity index (χ2v) is 10.7. The van der Waals surface area contributed by atoms with Crippen LogP contribution < -0.4 is 5.32 Å². The molecular weight excluding hydrogens is 454 g/mol. The maximum absolute atomic E-state index is 15.4. The normalized spacial score (nSPS) is 27.6. The van der Waals surface area contributed by atoms with Crippen LogP contribution in [0.2, 0.25) is 10.0 Å². The van der Waals surface area contributed by atoms with E-state index in [2.05, 4.69) is 5.32 Å². The molecule has 0 aromatic heterocycles. The summed E-state index contributed by atoms with van der Waals surface area (Å²) in [5.41, 5.74) is -0.302. The van der Waals surface area contributed by atoms with Crippen LogP contribution in [0, 0.1) is 11.2 Å². The Morgan fingerprint density at radius 2 is 1.94 bits per heavy atom. The number of likely N-dealkylation sites (tertiary alicyclic amines) is 1. The van der Waals surface area contributed by atoms with Gasteiger partial charge in [-0.25, -0.2) is 4.39 Å². The third-order valence-electron chi connectivity index (χ3n) is 6.69. The number of amides is 1. The monoisotopic (exact) mass is 478 g/mol. The SMILES string of the molecule is CN1[C@@H](CC(C)(C)C)[C@@]2(C(=O)Nc3cc(Cl)ccc32)[C@@H](c2cccc(Cl)c2F)[C@@H]1C(=O)O. The molecule has 2 aliphatic heterocycles. The first-order valence-electron chi connectivity index (χ1n) is 10.4. The molecule has 0 bridgehead atoms. The largest absolute Gasteiger partial charge is 0.480 e. The molecule has 2 aromatic carbocycles. The smallest absolute Gasteiger partial charge is 0.321 e. The van der Waals surface area contributed by atoms with E-state index in [4.69, 9.17) is 23.2 Å². The summed E-state index contributed by atoms with van der Waals surface area (Å²) in [6.07, 6.45) is 0.515. The number of benzene rings is 2. The summed E-state index contributed by atoms with van der Waals surface area (Å²) in [7, 11) is 1.70. The van der Waals surface area contributed by atoms with Crippen molar-refractivity contribution in [2.45, 2.75) is 50.6 Å². The maximum Gasteiger partial charge on any atom is 0.321 e. The maximum atomic E-state index is 15.4. The van der Waals surface area contributed by atoms with Gasteiger partial charge in [-0.05, 0) is 48.2 Å². The highest BCUT2D eigenvalue weighted by Crippen LogP contribution is 2.59. The summed E-state index contributed by atoms with van der Waals surface area (Å²) in [4.78, 5) is 28.1. The second kappa shape index (κ2) is 7.72. The Kier molecular flexibility index (Phi) is 5.55. The average molecular weight is 479 g/mol. The lowest BCUT2D eigenvalue weighted by Gasteiger charge is -2.39. The fourth-order valence-corrected chi connectivity index (χ4v) is 5.91. The first kappa shape index (κ1) is 23.0. The number of anilines is 1. The Morgan fingerprint density at radius 1 is 1.25 bits per heavy atom. The molecule has 0 radical (unpaired) electrons. The van der Waals surface area contributed by atoms with Crippen molar-refractivity contribution in [1.82, 2.24) is 4.90 Å². The molecule has 1 amide bonds. The number of nitrogens with zero attached hydrogens (tertiary/aromatic N) is 1. The number of fused-ring (bicyclic) bond motifs is 2. The van der Waals surface area contributed by atoms with Gasteiger partial charge >= 0.3 is 5.97 Å². The van der Waals surface area contributed by atoms with Gasteiger partial charge in [0.05, 0.1) is 5.02 Å². The van der Waals surface area contributed by atoms with E-state index in [0.29, 0.717) is 22.7 Å². The van der Waals surface area contributed by atoms with Crippen LogP contribution in [0.3, 0.4) is 0 Å². The number of carbonyl (C=O) groups excluding carboxylic acids is 1. The topological polar surface area (TPSA) is 69.6 Å². The van der Waals surface area contributed by atoms with E-state index >= 15 is 4.39 Å². The summed E-state index contributed by atoms with van der Waals surface area (Å²) >= 11 is 12.3. The van der Waals surface area contributed by atoms with Crippen LogP contribution in [0.25, 0.3) is 0 Å². The van der Waals surface area contributed by atoms with E-state index in [0.717, 1.165) is 0 Å². The van der Waals surface area contributed by atoms with Gasteiger partial charge in [-0.3, -0.25) is 14.5 Å². The molecule has 0 aliphatic carbocycles. The molecule has 170 valence electrons. The van der Waals surface area contributed by atoms with Gasteiger partial charge in [0.2, 0.25) is 5.91 Å². The van der Waals surface area contributed by atoms with Crippen LogP contribution in [0.1, 0.15) is 44.2 Å². The summed E-state index contributed by atoms with van der Waals surface area (Å²) in [5, 5.41) is 13.5. The van der Waals surface area contributed by atoms with Crippen LogP contribution in [-0.4, -0.2) is 41.0 Å². The zero-order chi connectivity index (χ0) is 23.6. The van der Waals surface area contributed by atoms with Crippen LogP contribution >= 0.6 is 23.2 Å². The molecule has 2 N–H and O–H groups in total. The molecule has 4 rings (SSSR count). The van der Waals surface area contributed by atoms with E-state index in [1.807, 2.05) is 20.8 Å².